The van der Waals surface area contributed by atoms with E-state index < -0.39 is 11.7 Å². The highest BCUT2D eigenvalue weighted by atomic mass is 32.2. The molecule has 1 aliphatic carbocycles. The molecule has 0 amide bonds. The zero-order chi connectivity index (χ0) is 19.9. The molecule has 1 saturated carbocycles. The predicted molar refractivity (Wildman–Crippen MR) is 98.6 cm³/mol. The lowest BCUT2D eigenvalue weighted by Gasteiger charge is -2.23. The van der Waals surface area contributed by atoms with E-state index in [0.717, 1.165) is 43.3 Å². The van der Waals surface area contributed by atoms with Crippen molar-refractivity contribution in [1.82, 2.24) is 9.38 Å². The van der Waals surface area contributed by atoms with E-state index >= 15 is 0 Å². The number of carbonyl (C=O) groups is 1. The van der Waals surface area contributed by atoms with E-state index in [1.54, 1.807) is 18.3 Å². The van der Waals surface area contributed by atoms with Gasteiger partial charge < -0.3 is 4.40 Å². The summed E-state index contributed by atoms with van der Waals surface area (Å²) in [6, 6.07) is 7.65. The molecule has 4 rings (SSSR count). The highest BCUT2D eigenvalue weighted by molar-refractivity contribution is 8.13. The fourth-order valence-electron chi connectivity index (χ4n) is 3.17. The maximum Gasteiger partial charge on any atom is 0.417 e. The number of fused-ring (bicyclic) bond motifs is 1. The minimum absolute atomic E-state index is 0.0374. The lowest BCUT2D eigenvalue weighted by molar-refractivity contribution is -0.137. The number of carbonyl (C=O) groups excluding carboxylic acids is 1. The molecule has 3 heterocycles. The van der Waals surface area contributed by atoms with Crippen LogP contribution in [0.25, 0.3) is 16.8 Å². The van der Waals surface area contributed by atoms with Crippen LogP contribution in [-0.2, 0) is 11.0 Å². The number of halogens is 3. The van der Waals surface area contributed by atoms with Gasteiger partial charge in [0.15, 0.2) is 5.12 Å². The van der Waals surface area contributed by atoms with Crippen molar-refractivity contribution in [3.8, 4) is 17.3 Å². The van der Waals surface area contributed by atoms with E-state index in [1.165, 1.54) is 16.7 Å². The van der Waals surface area contributed by atoms with E-state index in [-0.39, 0.29) is 22.1 Å². The molecule has 1 fully saturated rings. The van der Waals surface area contributed by atoms with Crippen LogP contribution in [-0.4, -0.2) is 14.5 Å². The predicted octanol–water partition coefficient (Wildman–Crippen LogP) is 5.31. The Morgan fingerprint density at radius 3 is 2.71 bits per heavy atom. The highest BCUT2D eigenvalue weighted by Crippen LogP contribution is 2.39. The third kappa shape index (κ3) is 3.27. The summed E-state index contributed by atoms with van der Waals surface area (Å²) >= 11 is 1.10. The second-order valence-electron chi connectivity index (χ2n) is 6.65. The SMILES string of the molecule is N#Cc1ccc(-c2cnccc2SC(=O)C2CCC2)n2cc(C(F)(F)F)cc12. The van der Waals surface area contributed by atoms with Gasteiger partial charge in [-0.05, 0) is 37.1 Å². The minimum Gasteiger partial charge on any atom is -0.315 e. The van der Waals surface area contributed by atoms with E-state index in [0.29, 0.717) is 16.2 Å². The van der Waals surface area contributed by atoms with Crippen molar-refractivity contribution in [2.24, 2.45) is 5.92 Å². The van der Waals surface area contributed by atoms with Crippen molar-refractivity contribution >= 4 is 22.4 Å². The molecule has 0 atom stereocenters. The summed E-state index contributed by atoms with van der Waals surface area (Å²) < 4.78 is 41.0. The van der Waals surface area contributed by atoms with Gasteiger partial charge in [0.25, 0.3) is 0 Å². The van der Waals surface area contributed by atoms with Gasteiger partial charge in [-0.3, -0.25) is 9.78 Å². The first-order valence-corrected chi connectivity index (χ1v) is 9.48. The van der Waals surface area contributed by atoms with Crippen LogP contribution in [0.15, 0.2) is 47.8 Å². The highest BCUT2D eigenvalue weighted by Gasteiger charge is 2.33. The number of rotatable bonds is 3. The molecule has 28 heavy (non-hydrogen) atoms. The smallest absolute Gasteiger partial charge is 0.315 e. The van der Waals surface area contributed by atoms with Gasteiger partial charge in [-0.1, -0.05) is 18.2 Å². The Balaban J connectivity index is 1.85. The molecule has 0 unspecified atom stereocenters. The molecule has 0 N–H and O–H groups in total. The van der Waals surface area contributed by atoms with E-state index in [9.17, 15) is 23.2 Å². The number of hydrogen-bond acceptors (Lipinski definition) is 4. The average Bonchev–Trinajstić information content (AvgIpc) is 3.06. The molecule has 0 aliphatic heterocycles. The van der Waals surface area contributed by atoms with Crippen LogP contribution >= 0.6 is 11.8 Å². The van der Waals surface area contributed by atoms with Crippen LogP contribution in [0.4, 0.5) is 13.2 Å². The third-order valence-electron chi connectivity index (χ3n) is 4.92. The Morgan fingerprint density at radius 2 is 2.07 bits per heavy atom. The molecule has 142 valence electrons. The molecule has 0 bridgehead atoms. The number of aromatic nitrogens is 2. The molecule has 8 heteroatoms. The molecular weight excluding hydrogens is 387 g/mol. The number of hydrogen-bond donors (Lipinski definition) is 0. The fraction of sp³-hybridized carbons (Fsp3) is 0.250. The summed E-state index contributed by atoms with van der Waals surface area (Å²) in [6.07, 6.45) is 2.32. The molecular formula is C20H14F3N3OS. The molecule has 0 saturated heterocycles. The first kappa shape index (κ1) is 18.6. The van der Waals surface area contributed by atoms with Crippen molar-refractivity contribution in [3.05, 3.63) is 54.0 Å². The molecule has 3 aromatic rings. The van der Waals surface area contributed by atoms with Gasteiger partial charge in [-0.2, -0.15) is 18.4 Å². The molecule has 0 spiro atoms. The first-order valence-electron chi connectivity index (χ1n) is 8.67. The number of alkyl halides is 3. The Hall–Kier alpha value is -2.79. The lowest BCUT2D eigenvalue weighted by atomic mass is 9.87. The van der Waals surface area contributed by atoms with Crippen molar-refractivity contribution in [3.63, 3.8) is 0 Å². The molecule has 4 nitrogen and oxygen atoms in total. The Morgan fingerprint density at radius 1 is 1.29 bits per heavy atom. The van der Waals surface area contributed by atoms with E-state index in [1.807, 2.05) is 6.07 Å². The van der Waals surface area contributed by atoms with Gasteiger partial charge in [0.2, 0.25) is 0 Å². The van der Waals surface area contributed by atoms with Crippen LogP contribution < -0.4 is 0 Å². The van der Waals surface area contributed by atoms with Gasteiger partial charge in [0, 0.05) is 35.0 Å². The summed E-state index contributed by atoms with van der Waals surface area (Å²) in [6.45, 7) is 0. The third-order valence-corrected chi connectivity index (χ3v) is 6.03. The number of pyridine rings is 2. The van der Waals surface area contributed by atoms with E-state index in [4.69, 9.17) is 0 Å². The Labute approximate surface area is 163 Å². The summed E-state index contributed by atoms with van der Waals surface area (Å²) in [7, 11) is 0. The van der Waals surface area contributed by atoms with Crippen molar-refractivity contribution in [2.45, 2.75) is 30.3 Å². The Bertz CT molecular complexity index is 1110. The van der Waals surface area contributed by atoms with Crippen molar-refractivity contribution in [2.75, 3.05) is 0 Å². The Kier molecular flexibility index (Phi) is 4.63. The zero-order valence-corrected chi connectivity index (χ0v) is 15.3. The van der Waals surface area contributed by atoms with Gasteiger partial charge in [0.05, 0.1) is 22.3 Å². The van der Waals surface area contributed by atoms with Crippen LogP contribution in [0, 0.1) is 17.2 Å². The quantitative estimate of drug-likeness (QED) is 0.558. The largest absolute Gasteiger partial charge is 0.417 e. The van der Waals surface area contributed by atoms with Crippen molar-refractivity contribution < 1.29 is 18.0 Å². The van der Waals surface area contributed by atoms with Crippen LogP contribution in [0.5, 0.6) is 0 Å². The summed E-state index contributed by atoms with van der Waals surface area (Å²) in [4.78, 5) is 17.1. The molecule has 3 aromatic heterocycles. The first-order chi connectivity index (χ1) is 13.4. The molecule has 0 radical (unpaired) electrons. The monoisotopic (exact) mass is 401 g/mol. The maximum atomic E-state index is 13.2. The topological polar surface area (TPSA) is 58.2 Å². The number of thioether (sulfide) groups is 1. The number of nitrogens with zero attached hydrogens (tertiary/aromatic N) is 3. The van der Waals surface area contributed by atoms with Gasteiger partial charge in [-0.15, -0.1) is 0 Å². The second kappa shape index (κ2) is 6.99. The fourth-order valence-corrected chi connectivity index (χ4v) is 4.18. The van der Waals surface area contributed by atoms with Crippen LogP contribution in [0.3, 0.4) is 0 Å². The standard InChI is InChI=1S/C20H14F3N3OS/c21-20(22,23)14-8-17-13(9-24)4-5-16(26(17)11-14)15-10-25-7-6-18(15)28-19(27)12-2-1-3-12/h4-8,10-12H,1-3H2. The van der Waals surface area contributed by atoms with Crippen LogP contribution in [0.1, 0.15) is 30.4 Å². The van der Waals surface area contributed by atoms with Gasteiger partial charge in [0.1, 0.15) is 6.07 Å². The molecule has 1 aliphatic rings. The summed E-state index contributed by atoms with van der Waals surface area (Å²) in [5, 5.41) is 9.33. The minimum atomic E-state index is -4.53. The maximum absolute atomic E-state index is 13.2. The summed E-state index contributed by atoms with van der Waals surface area (Å²) in [5.41, 5.74) is 0.473. The van der Waals surface area contributed by atoms with Crippen molar-refractivity contribution in [1.29, 1.82) is 5.26 Å². The second-order valence-corrected chi connectivity index (χ2v) is 7.69. The average molecular weight is 401 g/mol. The zero-order valence-electron chi connectivity index (χ0n) is 14.5. The number of nitriles is 1. The van der Waals surface area contributed by atoms with Crippen LogP contribution in [0.2, 0.25) is 0 Å². The molecule has 0 aromatic carbocycles. The van der Waals surface area contributed by atoms with Gasteiger partial charge in [-0.25, -0.2) is 0 Å². The van der Waals surface area contributed by atoms with Gasteiger partial charge >= 0.3 is 6.18 Å². The lowest BCUT2D eigenvalue weighted by Crippen LogP contribution is -2.19. The van der Waals surface area contributed by atoms with E-state index in [2.05, 4.69) is 4.98 Å². The summed E-state index contributed by atoms with van der Waals surface area (Å²) in [5.74, 6) is 0.0374. The normalized spacial score (nSPS) is 14.6.